The molecule has 0 spiro atoms. The fraction of sp³-hybridized carbons (Fsp3) is 0.143. The minimum Gasteiger partial charge on any atom is -0.0683 e. The Bertz CT molecular complexity index is 2990. The monoisotopic (exact) mass is 718 g/mol. The molecule has 0 nitrogen and oxygen atoms in total. The summed E-state index contributed by atoms with van der Waals surface area (Å²) in [6, 6.07) is 64.0. The maximum Gasteiger partial charge on any atom is 0.0159 e. The van der Waals surface area contributed by atoms with Crippen molar-refractivity contribution in [3.8, 4) is 55.6 Å². The van der Waals surface area contributed by atoms with Crippen molar-refractivity contribution < 1.29 is 0 Å². The summed E-state index contributed by atoms with van der Waals surface area (Å²) in [4.78, 5) is 0. The number of hydrogen-bond donors (Lipinski definition) is 0. The molecule has 0 unspecified atom stereocenters. The van der Waals surface area contributed by atoms with Crippen molar-refractivity contribution in [2.75, 3.05) is 0 Å². The average molecular weight is 719 g/mol. The molecule has 9 aromatic carbocycles. The van der Waals surface area contributed by atoms with Crippen molar-refractivity contribution in [2.24, 2.45) is 0 Å². The zero-order valence-corrected chi connectivity index (χ0v) is 33.2. The lowest BCUT2D eigenvalue weighted by molar-refractivity contribution is 0.660. The van der Waals surface area contributed by atoms with E-state index in [-0.39, 0.29) is 10.8 Å². The van der Waals surface area contributed by atoms with Crippen LogP contribution < -0.4 is 0 Å². The van der Waals surface area contributed by atoms with Crippen LogP contribution in [0, 0.1) is 0 Å². The van der Waals surface area contributed by atoms with E-state index in [1.807, 2.05) is 13.8 Å². The van der Waals surface area contributed by atoms with Crippen LogP contribution in [-0.4, -0.2) is 0 Å². The molecular formula is C56H46. The van der Waals surface area contributed by atoms with Crippen molar-refractivity contribution in [3.05, 3.63) is 192 Å². The third kappa shape index (κ3) is 4.85. The zero-order valence-electron chi connectivity index (χ0n) is 33.2. The minimum absolute atomic E-state index is 0.0583. The lowest BCUT2D eigenvalue weighted by Gasteiger charge is -2.23. The Morgan fingerprint density at radius 2 is 0.750 bits per heavy atom. The van der Waals surface area contributed by atoms with Gasteiger partial charge in [-0.15, -0.1) is 0 Å². The van der Waals surface area contributed by atoms with E-state index in [0.717, 1.165) is 0 Å². The number of rotatable bonds is 3. The number of fused-ring (bicyclic) bond motifs is 10. The molecule has 0 fully saturated rings. The molecule has 0 radical (unpaired) electrons. The number of hydrogen-bond acceptors (Lipinski definition) is 0. The van der Waals surface area contributed by atoms with Crippen molar-refractivity contribution >= 4 is 32.3 Å². The van der Waals surface area contributed by atoms with E-state index in [2.05, 4.69) is 198 Å². The van der Waals surface area contributed by atoms with Crippen LogP contribution in [0.2, 0.25) is 0 Å². The van der Waals surface area contributed by atoms with E-state index in [9.17, 15) is 0 Å². The van der Waals surface area contributed by atoms with Crippen molar-refractivity contribution in [3.63, 3.8) is 0 Å². The van der Waals surface area contributed by atoms with E-state index in [1.165, 1.54) is 110 Å². The predicted molar refractivity (Wildman–Crippen MR) is 242 cm³/mol. The highest BCUT2D eigenvalue weighted by Crippen LogP contribution is 2.53. The summed E-state index contributed by atoms with van der Waals surface area (Å²) in [6.45, 7) is 13.5. The molecule has 0 heterocycles. The van der Waals surface area contributed by atoms with Gasteiger partial charge in [0.05, 0.1) is 0 Å². The Balaban J connectivity index is 0.00000189. The summed E-state index contributed by atoms with van der Waals surface area (Å²) < 4.78 is 0. The molecule has 0 amide bonds. The fourth-order valence-corrected chi connectivity index (χ4v) is 10.2. The second-order valence-corrected chi connectivity index (χ2v) is 16.4. The van der Waals surface area contributed by atoms with Crippen LogP contribution in [0.1, 0.15) is 63.8 Å². The third-order valence-electron chi connectivity index (χ3n) is 12.9. The van der Waals surface area contributed by atoms with Crippen LogP contribution in [0.25, 0.3) is 88.0 Å². The Hall–Kier alpha value is -6.24. The van der Waals surface area contributed by atoms with Gasteiger partial charge in [-0.3, -0.25) is 0 Å². The van der Waals surface area contributed by atoms with E-state index < -0.39 is 0 Å². The van der Waals surface area contributed by atoms with Gasteiger partial charge in [0.25, 0.3) is 0 Å². The first kappa shape index (κ1) is 34.3. The Kier molecular flexibility index (Phi) is 7.74. The van der Waals surface area contributed by atoms with Gasteiger partial charge < -0.3 is 0 Å². The van der Waals surface area contributed by atoms with Crippen LogP contribution in [0.5, 0.6) is 0 Å². The van der Waals surface area contributed by atoms with Crippen LogP contribution in [0.3, 0.4) is 0 Å². The first-order chi connectivity index (χ1) is 27.3. The lowest BCUT2D eigenvalue weighted by Crippen LogP contribution is -2.15. The van der Waals surface area contributed by atoms with Gasteiger partial charge in [0, 0.05) is 10.8 Å². The SMILES string of the molecule is CC.CC1(C)c2ccccc2-c2ccc(-c3c4ccccc4c(-c4cccc(-c5ccc6c(c5)C(C)(C)c5ccc7ccccc7c5-6)c4)c4ccccc34)cc21. The molecule has 270 valence electrons. The van der Waals surface area contributed by atoms with Gasteiger partial charge in [-0.05, 0) is 128 Å². The van der Waals surface area contributed by atoms with Gasteiger partial charge in [-0.2, -0.15) is 0 Å². The third-order valence-corrected chi connectivity index (χ3v) is 12.9. The molecule has 0 bridgehead atoms. The van der Waals surface area contributed by atoms with E-state index >= 15 is 0 Å². The zero-order chi connectivity index (χ0) is 38.3. The minimum atomic E-state index is -0.0832. The first-order valence-corrected chi connectivity index (χ1v) is 20.3. The molecule has 0 saturated heterocycles. The van der Waals surface area contributed by atoms with E-state index in [0.29, 0.717) is 0 Å². The smallest absolute Gasteiger partial charge is 0.0159 e. The quantitative estimate of drug-likeness (QED) is 0.160. The maximum absolute atomic E-state index is 2.47. The van der Waals surface area contributed by atoms with Crippen LogP contribution >= 0.6 is 0 Å². The molecule has 0 aromatic heterocycles. The normalized spacial score (nSPS) is 14.2. The Morgan fingerprint density at radius 3 is 1.45 bits per heavy atom. The van der Waals surface area contributed by atoms with Gasteiger partial charge in [0.1, 0.15) is 0 Å². The summed E-state index contributed by atoms with van der Waals surface area (Å²) in [5.74, 6) is 0. The summed E-state index contributed by atoms with van der Waals surface area (Å²) in [7, 11) is 0. The number of benzene rings is 9. The van der Waals surface area contributed by atoms with Gasteiger partial charge >= 0.3 is 0 Å². The van der Waals surface area contributed by atoms with Crippen molar-refractivity contribution in [2.45, 2.75) is 52.4 Å². The standard InChI is InChI=1S/C54H40.C2H6/c1-53(2)46-23-12-11-18-39(46)40-27-25-37(32-48(40)53)51-43-21-9-7-19-41(43)50(42-20-8-10-22-44(42)51)36-16-13-15-34(30-36)35-24-28-45-49(31-35)54(3,4)47-29-26-33-14-5-6-17-38(33)52(45)47;1-2/h5-32H,1-4H3;1-2H3. The molecule has 2 aliphatic carbocycles. The van der Waals surface area contributed by atoms with E-state index in [4.69, 9.17) is 0 Å². The summed E-state index contributed by atoms with van der Waals surface area (Å²) in [6.07, 6.45) is 0. The molecule has 9 aromatic rings. The highest BCUT2D eigenvalue weighted by Gasteiger charge is 2.37. The summed E-state index contributed by atoms with van der Waals surface area (Å²) >= 11 is 0. The molecule has 2 aliphatic rings. The van der Waals surface area contributed by atoms with Gasteiger partial charge in [0.2, 0.25) is 0 Å². The fourth-order valence-electron chi connectivity index (χ4n) is 10.2. The van der Waals surface area contributed by atoms with Crippen LogP contribution in [-0.2, 0) is 10.8 Å². The molecule has 0 aliphatic heterocycles. The topological polar surface area (TPSA) is 0 Å². The first-order valence-electron chi connectivity index (χ1n) is 20.3. The highest BCUT2D eigenvalue weighted by atomic mass is 14.4. The second kappa shape index (κ2) is 12.7. The maximum atomic E-state index is 2.47. The highest BCUT2D eigenvalue weighted by molar-refractivity contribution is 6.21. The Labute approximate surface area is 331 Å². The Morgan fingerprint density at radius 1 is 0.286 bits per heavy atom. The average Bonchev–Trinajstić information content (AvgIpc) is 3.62. The van der Waals surface area contributed by atoms with Gasteiger partial charge in [-0.25, -0.2) is 0 Å². The second-order valence-electron chi connectivity index (χ2n) is 16.4. The molecule has 56 heavy (non-hydrogen) atoms. The summed E-state index contributed by atoms with van der Waals surface area (Å²) in [5, 5.41) is 7.77. The van der Waals surface area contributed by atoms with Crippen molar-refractivity contribution in [1.82, 2.24) is 0 Å². The van der Waals surface area contributed by atoms with Gasteiger partial charge in [0.15, 0.2) is 0 Å². The predicted octanol–water partition coefficient (Wildman–Crippen LogP) is 15.8. The summed E-state index contributed by atoms with van der Waals surface area (Å²) in [5.41, 5.74) is 18.6. The van der Waals surface area contributed by atoms with Crippen LogP contribution in [0.15, 0.2) is 170 Å². The molecule has 11 rings (SSSR count). The largest absolute Gasteiger partial charge is 0.0683 e. The van der Waals surface area contributed by atoms with Crippen LogP contribution in [0.4, 0.5) is 0 Å². The molecule has 0 N–H and O–H groups in total. The molecule has 0 atom stereocenters. The molecule has 0 heteroatoms. The lowest BCUT2D eigenvalue weighted by atomic mass is 9.80. The van der Waals surface area contributed by atoms with Crippen molar-refractivity contribution in [1.29, 1.82) is 0 Å². The van der Waals surface area contributed by atoms with E-state index in [1.54, 1.807) is 0 Å². The molecular weight excluding hydrogens is 673 g/mol. The van der Waals surface area contributed by atoms with Gasteiger partial charge in [-0.1, -0.05) is 193 Å². The molecule has 0 saturated carbocycles.